The van der Waals surface area contributed by atoms with Crippen LogP contribution in [0.5, 0.6) is 5.75 Å². The Hall–Kier alpha value is -4.82. The van der Waals surface area contributed by atoms with Gasteiger partial charge in [-0.1, -0.05) is 72.8 Å². The number of H-pyrrole nitrogens is 1. The predicted molar refractivity (Wildman–Crippen MR) is 143 cm³/mol. The lowest BCUT2D eigenvalue weighted by Crippen LogP contribution is -2.26. The Labute approximate surface area is 209 Å². The van der Waals surface area contributed by atoms with Crippen LogP contribution in [0.3, 0.4) is 0 Å². The molecule has 0 spiro atoms. The second-order valence-electron chi connectivity index (χ2n) is 8.54. The van der Waals surface area contributed by atoms with E-state index in [1.165, 1.54) is 5.39 Å². The number of carbonyl (C=O) groups is 1. The minimum Gasteiger partial charge on any atom is -0.488 e. The van der Waals surface area contributed by atoms with Crippen LogP contribution in [0.2, 0.25) is 0 Å². The summed E-state index contributed by atoms with van der Waals surface area (Å²) in [6.45, 7) is 0.814. The fraction of sp³-hybridized carbons (Fsp3) is 0.0968. The first kappa shape index (κ1) is 22.9. The highest BCUT2D eigenvalue weighted by atomic mass is 16.5. The highest BCUT2D eigenvalue weighted by Gasteiger charge is 2.11. The normalized spacial score (nSPS) is 11.4. The molecule has 0 saturated carbocycles. The van der Waals surface area contributed by atoms with Crippen LogP contribution in [0, 0.1) is 11.3 Å². The van der Waals surface area contributed by atoms with Gasteiger partial charge in [0.1, 0.15) is 24.0 Å². The number of fused-ring (bicyclic) bond motifs is 2. The van der Waals surface area contributed by atoms with Gasteiger partial charge < -0.3 is 15.0 Å². The quantitative estimate of drug-likeness (QED) is 0.210. The van der Waals surface area contributed by atoms with Crippen LogP contribution in [0.1, 0.15) is 16.7 Å². The molecule has 0 unspecified atom stereocenters. The predicted octanol–water partition coefficient (Wildman–Crippen LogP) is 6.17. The number of rotatable bonds is 8. The Balaban J connectivity index is 1.25. The van der Waals surface area contributed by atoms with Crippen LogP contribution in [-0.2, 0) is 17.8 Å². The van der Waals surface area contributed by atoms with Crippen molar-refractivity contribution in [2.24, 2.45) is 0 Å². The smallest absolute Gasteiger partial charge is 0.261 e. The molecule has 0 aliphatic rings. The summed E-state index contributed by atoms with van der Waals surface area (Å²) >= 11 is 0. The van der Waals surface area contributed by atoms with Crippen LogP contribution in [0.4, 0.5) is 0 Å². The zero-order valence-electron chi connectivity index (χ0n) is 19.7. The lowest BCUT2D eigenvalue weighted by molar-refractivity contribution is -0.117. The summed E-state index contributed by atoms with van der Waals surface area (Å²) < 4.78 is 6.08. The van der Waals surface area contributed by atoms with E-state index in [-0.39, 0.29) is 5.57 Å². The maximum Gasteiger partial charge on any atom is 0.261 e. The van der Waals surface area contributed by atoms with Crippen molar-refractivity contribution in [2.45, 2.75) is 13.0 Å². The van der Waals surface area contributed by atoms with Gasteiger partial charge in [0.15, 0.2) is 0 Å². The van der Waals surface area contributed by atoms with Gasteiger partial charge in [-0.15, -0.1) is 0 Å². The van der Waals surface area contributed by atoms with Crippen molar-refractivity contribution in [3.8, 4) is 11.8 Å². The van der Waals surface area contributed by atoms with Crippen molar-refractivity contribution in [2.75, 3.05) is 6.54 Å². The Bertz CT molecular complexity index is 1610. The molecule has 0 aliphatic carbocycles. The van der Waals surface area contributed by atoms with Crippen LogP contribution < -0.4 is 10.1 Å². The summed E-state index contributed by atoms with van der Waals surface area (Å²) in [6.07, 6.45) is 4.21. The summed E-state index contributed by atoms with van der Waals surface area (Å²) in [4.78, 5) is 16.0. The van der Waals surface area contributed by atoms with Crippen LogP contribution >= 0.6 is 0 Å². The molecule has 176 valence electrons. The van der Waals surface area contributed by atoms with Crippen molar-refractivity contribution >= 4 is 33.7 Å². The average molecular weight is 472 g/mol. The molecule has 0 fully saturated rings. The standard InChI is InChI=1S/C31H25N3O2/c32-19-27(31(35)33-16-15-26-20-34-29-11-5-4-10-28(26)29)18-25-9-3-6-12-30(25)36-21-22-13-14-23-7-1-2-8-24(23)17-22/h1-14,17-18,20,34H,15-16,21H2,(H,33,35)/b27-18-. The second kappa shape index (κ2) is 10.6. The fourth-order valence-electron chi connectivity index (χ4n) is 4.27. The van der Waals surface area contributed by atoms with Gasteiger partial charge in [-0.2, -0.15) is 5.26 Å². The average Bonchev–Trinajstić information content (AvgIpc) is 3.34. The zero-order valence-corrected chi connectivity index (χ0v) is 19.7. The number of para-hydroxylation sites is 2. The van der Waals surface area contributed by atoms with Gasteiger partial charge in [0.25, 0.3) is 5.91 Å². The van der Waals surface area contributed by atoms with Gasteiger partial charge in [0.2, 0.25) is 0 Å². The molecular weight excluding hydrogens is 446 g/mol. The molecule has 0 saturated heterocycles. The van der Waals surface area contributed by atoms with E-state index >= 15 is 0 Å². The molecule has 1 heterocycles. The minimum absolute atomic E-state index is 0.0377. The van der Waals surface area contributed by atoms with E-state index in [9.17, 15) is 10.1 Å². The topological polar surface area (TPSA) is 77.9 Å². The SMILES string of the molecule is N#C/C(=C/c1ccccc1OCc1ccc2ccccc2c1)C(=O)NCCc1c[nH]c2ccccc12. The lowest BCUT2D eigenvalue weighted by atomic mass is 10.1. The van der Waals surface area contributed by atoms with E-state index in [0.29, 0.717) is 30.9 Å². The number of hydrogen-bond donors (Lipinski definition) is 2. The van der Waals surface area contributed by atoms with Gasteiger partial charge in [-0.25, -0.2) is 0 Å². The molecule has 5 aromatic rings. The maximum absolute atomic E-state index is 12.7. The van der Waals surface area contributed by atoms with Gasteiger partial charge >= 0.3 is 0 Å². The second-order valence-corrected chi connectivity index (χ2v) is 8.54. The number of aromatic nitrogens is 1. The molecule has 4 aromatic carbocycles. The molecule has 0 atom stereocenters. The number of nitrogens with one attached hydrogen (secondary N) is 2. The Kier molecular flexibility index (Phi) is 6.77. The summed E-state index contributed by atoms with van der Waals surface area (Å²) in [5.74, 6) is 0.215. The fourth-order valence-corrected chi connectivity index (χ4v) is 4.27. The van der Waals surface area contributed by atoms with Crippen molar-refractivity contribution in [1.29, 1.82) is 5.26 Å². The lowest BCUT2D eigenvalue weighted by Gasteiger charge is -2.11. The number of nitrogens with zero attached hydrogens (tertiary/aromatic N) is 1. The first-order chi connectivity index (χ1) is 17.7. The molecule has 1 aromatic heterocycles. The highest BCUT2D eigenvalue weighted by Crippen LogP contribution is 2.24. The molecule has 0 radical (unpaired) electrons. The van der Waals surface area contributed by atoms with E-state index in [0.717, 1.165) is 27.4 Å². The van der Waals surface area contributed by atoms with E-state index in [1.807, 2.05) is 72.9 Å². The number of ether oxygens (including phenoxy) is 1. The first-order valence-electron chi connectivity index (χ1n) is 11.9. The Morgan fingerprint density at radius 2 is 1.72 bits per heavy atom. The molecule has 2 N–H and O–H groups in total. The third kappa shape index (κ3) is 5.13. The van der Waals surface area contributed by atoms with Gasteiger partial charge in [-0.3, -0.25) is 4.79 Å². The molecular formula is C31H25N3O2. The third-order valence-corrected chi connectivity index (χ3v) is 6.15. The Morgan fingerprint density at radius 3 is 2.61 bits per heavy atom. The summed E-state index contributed by atoms with van der Waals surface area (Å²) in [6, 6.07) is 31.9. The van der Waals surface area contributed by atoms with Crippen molar-refractivity contribution in [3.63, 3.8) is 0 Å². The molecule has 0 bridgehead atoms. The van der Waals surface area contributed by atoms with Crippen molar-refractivity contribution in [1.82, 2.24) is 10.3 Å². The van der Waals surface area contributed by atoms with Crippen molar-refractivity contribution in [3.05, 3.63) is 119 Å². The van der Waals surface area contributed by atoms with Crippen LogP contribution in [0.25, 0.3) is 27.8 Å². The maximum atomic E-state index is 12.7. The first-order valence-corrected chi connectivity index (χ1v) is 11.9. The third-order valence-electron chi connectivity index (χ3n) is 6.15. The largest absolute Gasteiger partial charge is 0.488 e. The van der Waals surface area contributed by atoms with Crippen LogP contribution in [0.15, 0.2) is 103 Å². The minimum atomic E-state index is -0.401. The highest BCUT2D eigenvalue weighted by molar-refractivity contribution is 6.02. The van der Waals surface area contributed by atoms with E-state index in [1.54, 1.807) is 6.08 Å². The zero-order chi connectivity index (χ0) is 24.7. The number of hydrogen-bond acceptors (Lipinski definition) is 3. The number of nitriles is 1. The molecule has 0 aliphatic heterocycles. The summed E-state index contributed by atoms with van der Waals surface area (Å²) in [5.41, 5.74) is 3.96. The summed E-state index contributed by atoms with van der Waals surface area (Å²) in [5, 5.41) is 16.0. The number of benzene rings is 4. The number of carbonyl (C=O) groups excluding carboxylic acids is 1. The van der Waals surface area contributed by atoms with Crippen molar-refractivity contribution < 1.29 is 9.53 Å². The molecule has 5 rings (SSSR count). The number of amides is 1. The Morgan fingerprint density at radius 1 is 0.944 bits per heavy atom. The monoisotopic (exact) mass is 471 g/mol. The van der Waals surface area contributed by atoms with Gasteiger partial charge in [0.05, 0.1) is 0 Å². The van der Waals surface area contributed by atoms with Gasteiger partial charge in [0, 0.05) is 29.2 Å². The van der Waals surface area contributed by atoms with E-state index in [4.69, 9.17) is 4.74 Å². The molecule has 5 nitrogen and oxygen atoms in total. The molecule has 36 heavy (non-hydrogen) atoms. The molecule has 1 amide bonds. The van der Waals surface area contributed by atoms with Gasteiger partial charge in [-0.05, 0) is 52.6 Å². The number of aromatic amines is 1. The van der Waals surface area contributed by atoms with E-state index in [2.05, 4.69) is 40.6 Å². The van der Waals surface area contributed by atoms with E-state index < -0.39 is 5.91 Å². The van der Waals surface area contributed by atoms with Crippen LogP contribution in [-0.4, -0.2) is 17.4 Å². The molecule has 5 heteroatoms. The summed E-state index contributed by atoms with van der Waals surface area (Å²) in [7, 11) is 0.